The number of nitriles is 1. The highest BCUT2D eigenvalue weighted by molar-refractivity contribution is 6.01. The normalized spacial score (nSPS) is 15.0. The Balaban J connectivity index is 1.51. The van der Waals surface area contributed by atoms with Crippen molar-refractivity contribution in [2.45, 2.75) is 45.8 Å². The minimum Gasteiger partial charge on any atom is -0.479 e. The molecule has 0 radical (unpaired) electrons. The summed E-state index contributed by atoms with van der Waals surface area (Å²) in [6.07, 6.45) is 0.147. The van der Waals surface area contributed by atoms with Crippen molar-refractivity contribution in [1.82, 2.24) is 14.4 Å². The molecule has 1 atom stereocenters. The molecule has 0 saturated carbocycles. The van der Waals surface area contributed by atoms with Gasteiger partial charge in [0.25, 0.3) is 5.91 Å². The number of amides is 2. The van der Waals surface area contributed by atoms with Crippen molar-refractivity contribution in [3.63, 3.8) is 0 Å². The number of nitrogens with zero attached hydrogens (tertiary/aromatic N) is 4. The van der Waals surface area contributed by atoms with E-state index in [1.54, 1.807) is 4.90 Å². The third-order valence-corrected chi connectivity index (χ3v) is 7.57. The van der Waals surface area contributed by atoms with Crippen molar-refractivity contribution in [1.29, 1.82) is 5.26 Å². The van der Waals surface area contributed by atoms with Crippen molar-refractivity contribution < 1.29 is 19.1 Å². The zero-order chi connectivity index (χ0) is 31.3. The summed E-state index contributed by atoms with van der Waals surface area (Å²) in [5.74, 6) is 0.525. The molecule has 0 unspecified atom stereocenters. The Hall–Kier alpha value is -5.03. The Morgan fingerprint density at radius 1 is 0.932 bits per heavy atom. The van der Waals surface area contributed by atoms with Crippen molar-refractivity contribution >= 4 is 12.0 Å². The molecular formula is C36H38N4O4. The average Bonchev–Trinajstić information content (AvgIpc) is 3.37. The van der Waals surface area contributed by atoms with Gasteiger partial charge in [0.15, 0.2) is 6.61 Å². The number of carbonyl (C=O) groups excluding carboxylic acids is 2. The van der Waals surface area contributed by atoms with Gasteiger partial charge in [-0.1, -0.05) is 60.7 Å². The molecule has 0 bridgehead atoms. The molecule has 0 N–H and O–H groups in total. The SMILES string of the molecule is Cc1cc(C(=O)N2CCN(C(=O)OC(C)(C)C)C[C@H]2Cc2ccc(OCC#N)cc2)c(-c2ccccc2)n1-c1ccccc1. The first-order chi connectivity index (χ1) is 21.1. The Bertz CT molecular complexity index is 1630. The lowest BCUT2D eigenvalue weighted by Crippen LogP contribution is -2.57. The van der Waals surface area contributed by atoms with Crippen LogP contribution in [-0.4, -0.2) is 64.3 Å². The predicted molar refractivity (Wildman–Crippen MR) is 170 cm³/mol. The molecule has 1 saturated heterocycles. The van der Waals surface area contributed by atoms with E-state index in [-0.39, 0.29) is 24.6 Å². The van der Waals surface area contributed by atoms with Crippen LogP contribution in [-0.2, 0) is 11.2 Å². The summed E-state index contributed by atoms with van der Waals surface area (Å²) in [6.45, 7) is 8.62. The van der Waals surface area contributed by atoms with Crippen molar-refractivity contribution in [3.8, 4) is 28.8 Å². The second-order valence-corrected chi connectivity index (χ2v) is 12.0. The van der Waals surface area contributed by atoms with Crippen LogP contribution in [0.5, 0.6) is 5.75 Å². The fraction of sp³-hybridized carbons (Fsp3) is 0.306. The highest BCUT2D eigenvalue weighted by atomic mass is 16.6. The van der Waals surface area contributed by atoms with E-state index in [9.17, 15) is 9.59 Å². The number of para-hydroxylation sites is 1. The first kappa shape index (κ1) is 30.4. The number of ether oxygens (including phenoxy) is 2. The summed E-state index contributed by atoms with van der Waals surface area (Å²) in [4.78, 5) is 31.3. The molecule has 8 nitrogen and oxygen atoms in total. The molecule has 1 aliphatic heterocycles. The maximum Gasteiger partial charge on any atom is 0.410 e. The minimum absolute atomic E-state index is 0.0269. The van der Waals surface area contributed by atoms with Gasteiger partial charge in [-0.15, -0.1) is 0 Å². The van der Waals surface area contributed by atoms with Gasteiger partial charge < -0.3 is 23.8 Å². The zero-order valence-corrected chi connectivity index (χ0v) is 25.7. The molecule has 1 aromatic heterocycles. The van der Waals surface area contributed by atoms with E-state index < -0.39 is 5.60 Å². The van der Waals surface area contributed by atoms with E-state index in [0.717, 1.165) is 28.2 Å². The Labute approximate surface area is 259 Å². The van der Waals surface area contributed by atoms with E-state index in [2.05, 4.69) is 4.57 Å². The summed E-state index contributed by atoms with van der Waals surface area (Å²) in [5.41, 5.74) is 4.71. The Kier molecular flexibility index (Phi) is 9.05. The smallest absolute Gasteiger partial charge is 0.410 e. The van der Waals surface area contributed by atoms with Crippen molar-refractivity contribution in [3.05, 3.63) is 108 Å². The number of hydrogen-bond acceptors (Lipinski definition) is 5. The van der Waals surface area contributed by atoms with Crippen LogP contribution < -0.4 is 4.74 Å². The number of piperazine rings is 1. The predicted octanol–water partition coefficient (Wildman–Crippen LogP) is 6.66. The highest BCUT2D eigenvalue weighted by Crippen LogP contribution is 2.33. The number of aryl methyl sites for hydroxylation is 1. The topological polar surface area (TPSA) is 87.8 Å². The molecule has 0 aliphatic carbocycles. The molecule has 2 heterocycles. The molecule has 8 heteroatoms. The third-order valence-electron chi connectivity index (χ3n) is 7.57. The molecular weight excluding hydrogens is 552 g/mol. The van der Waals surface area contributed by atoms with Crippen LogP contribution in [0, 0.1) is 18.3 Å². The molecule has 0 spiro atoms. The van der Waals surface area contributed by atoms with Crippen LogP contribution in [0.1, 0.15) is 42.4 Å². The van der Waals surface area contributed by atoms with Gasteiger partial charge in [-0.2, -0.15) is 5.26 Å². The van der Waals surface area contributed by atoms with E-state index >= 15 is 0 Å². The maximum absolute atomic E-state index is 14.6. The van der Waals surface area contributed by atoms with Gasteiger partial charge in [-0.3, -0.25) is 4.79 Å². The van der Waals surface area contributed by atoms with Gasteiger partial charge in [0.1, 0.15) is 17.4 Å². The lowest BCUT2D eigenvalue weighted by molar-refractivity contribution is 0.00440. The van der Waals surface area contributed by atoms with E-state index in [4.69, 9.17) is 14.7 Å². The molecule has 1 fully saturated rings. The van der Waals surface area contributed by atoms with E-state index in [0.29, 0.717) is 37.4 Å². The van der Waals surface area contributed by atoms with Crippen LogP contribution in [0.4, 0.5) is 4.79 Å². The van der Waals surface area contributed by atoms with Crippen LogP contribution in [0.2, 0.25) is 0 Å². The summed E-state index contributed by atoms with van der Waals surface area (Å²) in [6, 6.07) is 31.2. The fourth-order valence-electron chi connectivity index (χ4n) is 5.65. The molecule has 4 aromatic rings. The quantitative estimate of drug-likeness (QED) is 0.240. The second-order valence-electron chi connectivity index (χ2n) is 12.0. The fourth-order valence-corrected chi connectivity index (χ4v) is 5.65. The number of aromatic nitrogens is 1. The van der Waals surface area contributed by atoms with Crippen LogP contribution in [0.25, 0.3) is 16.9 Å². The van der Waals surface area contributed by atoms with Gasteiger partial charge in [0.2, 0.25) is 0 Å². The summed E-state index contributed by atoms with van der Waals surface area (Å²) >= 11 is 0. The Morgan fingerprint density at radius 2 is 1.59 bits per heavy atom. The van der Waals surface area contributed by atoms with Crippen molar-refractivity contribution in [2.75, 3.05) is 26.2 Å². The van der Waals surface area contributed by atoms with Gasteiger partial charge >= 0.3 is 6.09 Å². The summed E-state index contributed by atoms with van der Waals surface area (Å²) in [7, 11) is 0. The monoisotopic (exact) mass is 590 g/mol. The van der Waals surface area contributed by atoms with Crippen LogP contribution in [0.15, 0.2) is 91.0 Å². The average molecular weight is 591 g/mol. The first-order valence-corrected chi connectivity index (χ1v) is 14.9. The lowest BCUT2D eigenvalue weighted by atomic mass is 10.00. The third kappa shape index (κ3) is 6.95. The molecule has 2 amide bonds. The van der Waals surface area contributed by atoms with Crippen molar-refractivity contribution in [2.24, 2.45) is 0 Å². The molecule has 3 aromatic carbocycles. The minimum atomic E-state index is -0.624. The lowest BCUT2D eigenvalue weighted by Gasteiger charge is -2.42. The van der Waals surface area contributed by atoms with E-state index in [1.807, 2.05) is 130 Å². The molecule has 226 valence electrons. The standard InChI is InChI=1S/C36H38N4O4/c1-26-23-32(33(28-11-7-5-8-12-28)40(26)29-13-9-6-10-14-29)34(41)39-21-20-38(35(42)44-36(2,3)4)25-30(39)24-27-15-17-31(18-16-27)43-22-19-37/h5-18,23,30H,20-22,24-25H2,1-4H3/t30-/m1/s1. The number of benzene rings is 3. The molecule has 1 aliphatic rings. The van der Waals surface area contributed by atoms with Gasteiger partial charge in [0, 0.05) is 31.0 Å². The number of carbonyl (C=O) groups is 2. The van der Waals surface area contributed by atoms with Gasteiger partial charge in [-0.25, -0.2) is 4.79 Å². The van der Waals surface area contributed by atoms with E-state index in [1.165, 1.54) is 0 Å². The number of rotatable bonds is 7. The van der Waals surface area contributed by atoms with Gasteiger partial charge in [-0.05, 0) is 75.6 Å². The second kappa shape index (κ2) is 13.1. The first-order valence-electron chi connectivity index (χ1n) is 14.9. The number of hydrogen-bond donors (Lipinski definition) is 0. The highest BCUT2D eigenvalue weighted by Gasteiger charge is 2.36. The molecule has 44 heavy (non-hydrogen) atoms. The largest absolute Gasteiger partial charge is 0.479 e. The van der Waals surface area contributed by atoms with Crippen LogP contribution >= 0.6 is 0 Å². The summed E-state index contributed by atoms with van der Waals surface area (Å²) in [5, 5.41) is 8.83. The zero-order valence-electron chi connectivity index (χ0n) is 25.7. The maximum atomic E-state index is 14.6. The Morgan fingerprint density at radius 3 is 2.23 bits per heavy atom. The van der Waals surface area contributed by atoms with Crippen LogP contribution in [0.3, 0.4) is 0 Å². The van der Waals surface area contributed by atoms with Gasteiger partial charge in [0.05, 0.1) is 17.3 Å². The summed E-state index contributed by atoms with van der Waals surface area (Å²) < 4.78 is 13.2. The molecule has 5 rings (SSSR count).